The summed E-state index contributed by atoms with van der Waals surface area (Å²) in [6.45, 7) is 7.13. The Morgan fingerprint density at radius 1 is 1.27 bits per heavy atom. The zero-order chi connectivity index (χ0) is 20.0. The Hall–Kier alpha value is -0.630. The third-order valence-electron chi connectivity index (χ3n) is 3.30. The lowest BCUT2D eigenvalue weighted by Crippen LogP contribution is -2.32. The van der Waals surface area contributed by atoms with Crippen LogP contribution >= 0.6 is 35.0 Å². The molecule has 0 radical (unpaired) electrons. The molecule has 1 aromatic rings. The van der Waals surface area contributed by atoms with Crippen LogP contribution in [0.25, 0.3) is 0 Å². The summed E-state index contributed by atoms with van der Waals surface area (Å²) < 4.78 is 25.5. The monoisotopic (exact) mass is 440 g/mol. The standard InChI is InChI=1S/C17H26Cl2N2O3S2/c1-17(2,3)25-11-9-20-16(22)6-5-10-21(26(4,23)24)15-12-13(18)7-8-14(15)19/h7-8,12H,5-6,9-11H2,1-4H3,(H,20,22). The molecule has 0 saturated carbocycles. The first kappa shape index (κ1) is 23.4. The smallest absolute Gasteiger partial charge is 0.232 e. The molecule has 0 heterocycles. The Balaban J connectivity index is 2.56. The van der Waals surface area contributed by atoms with Gasteiger partial charge in [-0.1, -0.05) is 44.0 Å². The van der Waals surface area contributed by atoms with Crippen LogP contribution in [0.3, 0.4) is 0 Å². The van der Waals surface area contributed by atoms with Gasteiger partial charge in [0.2, 0.25) is 15.9 Å². The fourth-order valence-electron chi connectivity index (χ4n) is 2.16. The lowest BCUT2D eigenvalue weighted by Gasteiger charge is -2.23. The number of benzene rings is 1. The van der Waals surface area contributed by atoms with E-state index in [9.17, 15) is 13.2 Å². The number of hydrogen-bond donors (Lipinski definition) is 1. The Morgan fingerprint density at radius 2 is 1.92 bits per heavy atom. The second-order valence-corrected chi connectivity index (χ2v) is 11.5. The molecule has 1 aromatic carbocycles. The predicted octanol–water partition coefficient (Wildman–Crippen LogP) is 4.19. The summed E-state index contributed by atoms with van der Waals surface area (Å²) >= 11 is 13.8. The zero-order valence-corrected chi connectivity index (χ0v) is 18.7. The van der Waals surface area contributed by atoms with Crippen LogP contribution in [-0.4, -0.2) is 44.2 Å². The largest absolute Gasteiger partial charge is 0.355 e. The van der Waals surface area contributed by atoms with Crippen LogP contribution in [0.4, 0.5) is 5.69 Å². The van der Waals surface area contributed by atoms with E-state index < -0.39 is 10.0 Å². The van der Waals surface area contributed by atoms with Crippen molar-refractivity contribution < 1.29 is 13.2 Å². The topological polar surface area (TPSA) is 66.5 Å². The van der Waals surface area contributed by atoms with Gasteiger partial charge in [0, 0.05) is 35.0 Å². The van der Waals surface area contributed by atoms with Crippen molar-refractivity contribution >= 4 is 56.6 Å². The molecule has 0 aliphatic carbocycles. The van der Waals surface area contributed by atoms with Gasteiger partial charge in [-0.15, -0.1) is 0 Å². The minimum atomic E-state index is -3.54. The maximum atomic E-state index is 12.1. The summed E-state index contributed by atoms with van der Waals surface area (Å²) in [5, 5.41) is 3.54. The van der Waals surface area contributed by atoms with Gasteiger partial charge in [-0.05, 0) is 24.6 Å². The molecule has 0 aliphatic rings. The highest BCUT2D eigenvalue weighted by atomic mass is 35.5. The number of hydrogen-bond acceptors (Lipinski definition) is 4. The van der Waals surface area contributed by atoms with E-state index in [1.807, 2.05) is 0 Å². The Kier molecular flexibility index (Phi) is 9.06. The molecule has 0 atom stereocenters. The van der Waals surface area contributed by atoms with Crippen LogP contribution in [0.15, 0.2) is 18.2 Å². The number of amides is 1. The van der Waals surface area contributed by atoms with Gasteiger partial charge in [-0.2, -0.15) is 11.8 Å². The van der Waals surface area contributed by atoms with E-state index in [4.69, 9.17) is 23.2 Å². The fraction of sp³-hybridized carbons (Fsp3) is 0.588. The Bertz CT molecular complexity index is 719. The molecule has 0 saturated heterocycles. The van der Waals surface area contributed by atoms with Crippen LogP contribution in [0, 0.1) is 0 Å². The molecular formula is C17H26Cl2N2O3S2. The molecule has 148 valence electrons. The fourth-order valence-corrected chi connectivity index (χ4v) is 4.38. The van der Waals surface area contributed by atoms with Crippen molar-refractivity contribution in [3.8, 4) is 0 Å². The minimum Gasteiger partial charge on any atom is -0.355 e. The number of carbonyl (C=O) groups is 1. The second-order valence-electron chi connectivity index (χ2n) is 6.85. The van der Waals surface area contributed by atoms with Crippen LogP contribution in [0.5, 0.6) is 0 Å². The highest BCUT2D eigenvalue weighted by Crippen LogP contribution is 2.30. The lowest BCUT2D eigenvalue weighted by molar-refractivity contribution is -0.121. The lowest BCUT2D eigenvalue weighted by atomic mass is 10.2. The molecular weight excluding hydrogens is 415 g/mol. The van der Waals surface area contributed by atoms with Gasteiger partial charge in [0.1, 0.15) is 0 Å². The van der Waals surface area contributed by atoms with Crippen molar-refractivity contribution in [1.29, 1.82) is 0 Å². The first-order valence-corrected chi connectivity index (χ1v) is 11.8. The van der Waals surface area contributed by atoms with E-state index in [2.05, 4.69) is 26.1 Å². The van der Waals surface area contributed by atoms with Crippen molar-refractivity contribution in [2.75, 3.05) is 29.4 Å². The van der Waals surface area contributed by atoms with Crippen LogP contribution in [0.2, 0.25) is 10.0 Å². The van der Waals surface area contributed by atoms with Crippen molar-refractivity contribution in [2.24, 2.45) is 0 Å². The molecule has 1 amide bonds. The molecule has 5 nitrogen and oxygen atoms in total. The van der Waals surface area contributed by atoms with E-state index in [0.717, 1.165) is 12.0 Å². The molecule has 1 N–H and O–H groups in total. The number of sulfonamides is 1. The Labute approximate surface area is 170 Å². The van der Waals surface area contributed by atoms with Gasteiger partial charge < -0.3 is 5.32 Å². The summed E-state index contributed by atoms with van der Waals surface area (Å²) in [5.74, 6) is 0.744. The third-order valence-corrected chi connectivity index (χ3v) is 6.31. The maximum Gasteiger partial charge on any atom is 0.232 e. The molecule has 0 fully saturated rings. The number of rotatable bonds is 9. The number of thioether (sulfide) groups is 1. The molecule has 0 aromatic heterocycles. The van der Waals surface area contributed by atoms with E-state index in [1.165, 1.54) is 10.4 Å². The summed E-state index contributed by atoms with van der Waals surface area (Å²) in [5.41, 5.74) is 0.323. The first-order valence-electron chi connectivity index (χ1n) is 8.23. The molecule has 1 rings (SSSR count). The minimum absolute atomic E-state index is 0.0925. The van der Waals surface area contributed by atoms with Crippen LogP contribution in [-0.2, 0) is 14.8 Å². The van der Waals surface area contributed by atoms with Crippen molar-refractivity contribution in [3.05, 3.63) is 28.2 Å². The maximum absolute atomic E-state index is 12.1. The van der Waals surface area contributed by atoms with Crippen LogP contribution < -0.4 is 9.62 Å². The predicted molar refractivity (Wildman–Crippen MR) is 113 cm³/mol. The molecule has 26 heavy (non-hydrogen) atoms. The van der Waals surface area contributed by atoms with Gasteiger partial charge in [-0.3, -0.25) is 9.10 Å². The summed E-state index contributed by atoms with van der Waals surface area (Å²) in [6, 6.07) is 4.66. The van der Waals surface area contributed by atoms with Gasteiger partial charge >= 0.3 is 0 Å². The third kappa shape index (κ3) is 8.84. The van der Waals surface area contributed by atoms with Crippen molar-refractivity contribution in [3.63, 3.8) is 0 Å². The van der Waals surface area contributed by atoms with Crippen molar-refractivity contribution in [1.82, 2.24) is 5.32 Å². The zero-order valence-electron chi connectivity index (χ0n) is 15.5. The van der Waals surface area contributed by atoms with E-state index in [1.54, 1.807) is 23.9 Å². The first-order chi connectivity index (χ1) is 11.9. The number of nitrogens with one attached hydrogen (secondary N) is 1. The van der Waals surface area contributed by atoms with E-state index in [-0.39, 0.29) is 23.6 Å². The van der Waals surface area contributed by atoms with Gasteiger partial charge in [0.15, 0.2) is 0 Å². The summed E-state index contributed by atoms with van der Waals surface area (Å²) in [6.07, 6.45) is 1.73. The quantitative estimate of drug-likeness (QED) is 0.584. The van der Waals surface area contributed by atoms with E-state index in [0.29, 0.717) is 28.7 Å². The SMILES string of the molecule is CC(C)(C)SCCNC(=O)CCCN(c1cc(Cl)ccc1Cl)S(C)(=O)=O. The van der Waals surface area contributed by atoms with Gasteiger partial charge in [-0.25, -0.2) is 8.42 Å². The highest BCUT2D eigenvalue weighted by Gasteiger charge is 2.20. The number of anilines is 1. The van der Waals surface area contributed by atoms with Crippen LogP contribution in [0.1, 0.15) is 33.6 Å². The van der Waals surface area contributed by atoms with Crippen molar-refractivity contribution in [2.45, 2.75) is 38.4 Å². The molecule has 0 aliphatic heterocycles. The van der Waals surface area contributed by atoms with Gasteiger partial charge in [0.05, 0.1) is 17.0 Å². The molecule has 0 bridgehead atoms. The second kappa shape index (κ2) is 10.1. The Morgan fingerprint density at radius 3 is 2.50 bits per heavy atom. The summed E-state index contributed by atoms with van der Waals surface area (Å²) in [4.78, 5) is 11.9. The molecule has 0 unspecified atom stereocenters. The highest BCUT2D eigenvalue weighted by molar-refractivity contribution is 8.00. The van der Waals surface area contributed by atoms with E-state index >= 15 is 0 Å². The number of nitrogens with zero attached hydrogens (tertiary/aromatic N) is 1. The van der Waals surface area contributed by atoms with Gasteiger partial charge in [0.25, 0.3) is 0 Å². The molecule has 0 spiro atoms. The molecule has 9 heteroatoms. The normalized spacial score (nSPS) is 12.1. The summed E-state index contributed by atoms with van der Waals surface area (Å²) in [7, 11) is -3.54. The average Bonchev–Trinajstić information content (AvgIpc) is 2.49. The number of halogens is 2. The number of carbonyl (C=O) groups excluding carboxylic acids is 1. The average molecular weight is 441 g/mol.